The monoisotopic (exact) mass is 429 g/mol. The van der Waals surface area contributed by atoms with Crippen LogP contribution in [0.4, 0.5) is 0 Å². The first-order valence-corrected chi connectivity index (χ1v) is 9.69. The molecule has 156 valence electrons. The Morgan fingerprint density at radius 1 is 1.37 bits per heavy atom. The number of pyridine rings is 1. The fourth-order valence-corrected chi connectivity index (χ4v) is 3.59. The number of carboxylic acids is 1. The van der Waals surface area contributed by atoms with Crippen LogP contribution in [0.2, 0.25) is 0 Å². The van der Waals surface area contributed by atoms with Gasteiger partial charge in [-0.25, -0.2) is 4.98 Å². The molecule has 1 aromatic carbocycles. The molecular weight excluding hydrogens is 410 g/mol. The van der Waals surface area contributed by atoms with Gasteiger partial charge in [0.25, 0.3) is 11.7 Å². The average molecular weight is 429 g/mol. The fourth-order valence-electron chi connectivity index (χ4n) is 2.80. The second-order valence-electron chi connectivity index (χ2n) is 6.31. The van der Waals surface area contributed by atoms with E-state index in [2.05, 4.69) is 9.97 Å². The van der Waals surface area contributed by atoms with Crippen molar-refractivity contribution in [2.24, 2.45) is 0 Å². The van der Waals surface area contributed by atoms with Crippen molar-refractivity contribution in [3.63, 3.8) is 0 Å². The second kappa shape index (κ2) is 9.81. The van der Waals surface area contributed by atoms with E-state index in [1.54, 1.807) is 12.5 Å². The summed E-state index contributed by atoms with van der Waals surface area (Å²) in [5, 5.41) is 17.2. The van der Waals surface area contributed by atoms with Gasteiger partial charge in [-0.05, 0) is 31.3 Å². The molecule has 30 heavy (non-hydrogen) atoms. The van der Waals surface area contributed by atoms with Gasteiger partial charge in [0.2, 0.25) is 0 Å². The molecule has 9 nitrogen and oxygen atoms in total. The lowest BCUT2D eigenvalue weighted by atomic mass is 10.1. The van der Waals surface area contributed by atoms with Gasteiger partial charge in [0, 0.05) is 36.3 Å². The van der Waals surface area contributed by atoms with Crippen molar-refractivity contribution in [1.82, 2.24) is 14.9 Å². The molecule has 0 spiro atoms. The van der Waals surface area contributed by atoms with Gasteiger partial charge in [-0.1, -0.05) is 11.3 Å². The summed E-state index contributed by atoms with van der Waals surface area (Å²) in [6.45, 7) is 0.846. The molecule has 0 unspecified atom stereocenters. The van der Waals surface area contributed by atoms with Crippen molar-refractivity contribution >= 4 is 45.1 Å². The number of rotatable bonds is 7. The maximum atomic E-state index is 10.7. The first kappa shape index (κ1) is 21.2. The van der Waals surface area contributed by atoms with E-state index in [-0.39, 0.29) is 12.9 Å². The Hall–Kier alpha value is -3.50. The molecule has 3 heterocycles. The normalized spacial score (nSPS) is 10.7. The molecule has 0 saturated heterocycles. The van der Waals surface area contributed by atoms with Crippen LogP contribution < -0.4 is 4.74 Å². The van der Waals surface area contributed by atoms with Gasteiger partial charge in [0.1, 0.15) is 11.3 Å². The maximum absolute atomic E-state index is 10.7. The minimum Gasteiger partial charge on any atom is -0.483 e. The topological polar surface area (TPSA) is 126 Å². The number of carboxylic acid groups (broad SMARTS) is 2. The Morgan fingerprint density at radius 2 is 2.17 bits per heavy atom. The van der Waals surface area contributed by atoms with E-state index in [1.165, 1.54) is 11.3 Å². The predicted octanol–water partition coefficient (Wildman–Crippen LogP) is 3.84. The summed E-state index contributed by atoms with van der Waals surface area (Å²) in [5.41, 5.74) is 2.39. The summed E-state index contributed by atoms with van der Waals surface area (Å²) in [4.78, 5) is 29.6. The number of hydrogen-bond acceptors (Lipinski definition) is 8. The summed E-state index contributed by atoms with van der Waals surface area (Å²) >= 11 is 1.44. The molecular formula is C20H19N3O6S. The van der Waals surface area contributed by atoms with Crippen molar-refractivity contribution < 1.29 is 29.0 Å². The SMILES string of the molecule is CN(CCC(=O)O)Cc1coc2cc(Oc3nc4ncccc4s3)ccc12.O=CO. The summed E-state index contributed by atoms with van der Waals surface area (Å²) in [7, 11) is 1.89. The second-order valence-corrected chi connectivity index (χ2v) is 7.31. The Kier molecular flexibility index (Phi) is 6.94. The number of fused-ring (bicyclic) bond motifs is 2. The molecule has 10 heteroatoms. The highest BCUT2D eigenvalue weighted by Crippen LogP contribution is 2.32. The quantitative estimate of drug-likeness (QED) is 0.421. The zero-order valence-corrected chi connectivity index (χ0v) is 16.8. The molecule has 3 aromatic heterocycles. The molecule has 0 atom stereocenters. The molecule has 0 aliphatic rings. The van der Waals surface area contributed by atoms with Gasteiger partial charge in [0.05, 0.1) is 17.4 Å². The van der Waals surface area contributed by atoms with Crippen molar-refractivity contribution in [2.75, 3.05) is 13.6 Å². The Bertz CT molecular complexity index is 1120. The van der Waals surface area contributed by atoms with Crippen LogP contribution >= 0.6 is 11.3 Å². The molecule has 0 bridgehead atoms. The van der Waals surface area contributed by atoms with E-state index in [9.17, 15) is 4.79 Å². The van der Waals surface area contributed by atoms with Crippen LogP contribution in [-0.2, 0) is 16.1 Å². The Labute approximate surface area is 175 Å². The third-order valence-corrected chi connectivity index (χ3v) is 5.01. The molecule has 0 saturated carbocycles. The average Bonchev–Trinajstić information content (AvgIpc) is 3.30. The van der Waals surface area contributed by atoms with E-state index in [0.29, 0.717) is 35.3 Å². The van der Waals surface area contributed by atoms with Gasteiger partial charge in [-0.3, -0.25) is 9.59 Å². The van der Waals surface area contributed by atoms with Gasteiger partial charge >= 0.3 is 5.97 Å². The van der Waals surface area contributed by atoms with Crippen LogP contribution in [0, 0.1) is 0 Å². The highest BCUT2D eigenvalue weighted by molar-refractivity contribution is 7.20. The number of carbonyl (C=O) groups is 2. The molecule has 0 aliphatic carbocycles. The lowest BCUT2D eigenvalue weighted by molar-refractivity contribution is -0.137. The molecule has 0 fully saturated rings. The fraction of sp³-hybridized carbons (Fsp3) is 0.200. The van der Waals surface area contributed by atoms with E-state index in [4.69, 9.17) is 24.2 Å². The number of aliphatic carboxylic acids is 1. The van der Waals surface area contributed by atoms with Gasteiger partial charge in [0.15, 0.2) is 5.65 Å². The minimum absolute atomic E-state index is 0.112. The van der Waals surface area contributed by atoms with Gasteiger partial charge < -0.3 is 24.3 Å². The number of benzene rings is 1. The van der Waals surface area contributed by atoms with Crippen LogP contribution in [0.15, 0.2) is 47.2 Å². The number of thiazole rings is 1. The molecule has 4 rings (SSSR count). The number of aromatic nitrogens is 2. The standard InChI is InChI=1S/C19H17N3O4S.CH2O2/c1-22(8-6-17(23)24)10-12-11-25-15-9-13(4-5-14(12)15)26-19-21-18-16(27-19)3-2-7-20-18;2-1-3/h2-5,7,9,11H,6,8,10H2,1H3,(H,23,24);1H,(H,2,3). The Balaban J connectivity index is 0.000000806. The van der Waals surface area contributed by atoms with E-state index in [1.807, 2.05) is 42.3 Å². The number of furan rings is 1. The third-order valence-electron chi connectivity index (χ3n) is 4.13. The van der Waals surface area contributed by atoms with E-state index < -0.39 is 5.97 Å². The first-order valence-electron chi connectivity index (χ1n) is 8.88. The van der Waals surface area contributed by atoms with Crippen LogP contribution in [0.25, 0.3) is 21.3 Å². The number of nitrogens with zero attached hydrogens (tertiary/aromatic N) is 3. The van der Waals surface area contributed by atoms with Crippen LogP contribution in [0.1, 0.15) is 12.0 Å². The largest absolute Gasteiger partial charge is 0.483 e. The van der Waals surface area contributed by atoms with Crippen LogP contribution in [-0.4, -0.2) is 51.1 Å². The third kappa shape index (κ3) is 5.31. The zero-order valence-electron chi connectivity index (χ0n) is 16.0. The van der Waals surface area contributed by atoms with Crippen LogP contribution in [0.5, 0.6) is 10.9 Å². The highest BCUT2D eigenvalue weighted by atomic mass is 32.1. The van der Waals surface area contributed by atoms with Crippen molar-refractivity contribution in [2.45, 2.75) is 13.0 Å². The summed E-state index contributed by atoms with van der Waals surface area (Å²) in [6.07, 6.45) is 3.52. The lowest BCUT2D eigenvalue weighted by Gasteiger charge is -2.14. The summed E-state index contributed by atoms with van der Waals surface area (Å²) in [6, 6.07) is 9.47. The number of ether oxygens (including phenoxy) is 1. The van der Waals surface area contributed by atoms with E-state index in [0.717, 1.165) is 15.6 Å². The molecule has 0 amide bonds. The van der Waals surface area contributed by atoms with E-state index >= 15 is 0 Å². The van der Waals surface area contributed by atoms with Crippen molar-refractivity contribution in [1.29, 1.82) is 0 Å². The maximum Gasteiger partial charge on any atom is 0.304 e. The molecule has 0 aliphatic heterocycles. The van der Waals surface area contributed by atoms with Crippen molar-refractivity contribution in [3.8, 4) is 10.9 Å². The van der Waals surface area contributed by atoms with Gasteiger partial charge in [-0.15, -0.1) is 0 Å². The molecule has 0 radical (unpaired) electrons. The predicted molar refractivity (Wildman–Crippen MR) is 111 cm³/mol. The summed E-state index contributed by atoms with van der Waals surface area (Å²) in [5.74, 6) is -0.160. The number of hydrogen-bond donors (Lipinski definition) is 2. The van der Waals surface area contributed by atoms with Gasteiger partial charge in [-0.2, -0.15) is 4.98 Å². The first-order chi connectivity index (χ1) is 14.5. The minimum atomic E-state index is -0.800. The zero-order chi connectivity index (χ0) is 21.5. The smallest absolute Gasteiger partial charge is 0.304 e. The molecule has 2 N–H and O–H groups in total. The summed E-state index contributed by atoms with van der Waals surface area (Å²) < 4.78 is 12.5. The van der Waals surface area contributed by atoms with Crippen LogP contribution in [0.3, 0.4) is 0 Å². The molecule has 4 aromatic rings. The lowest BCUT2D eigenvalue weighted by Crippen LogP contribution is -2.21. The highest BCUT2D eigenvalue weighted by Gasteiger charge is 2.12. The Morgan fingerprint density at radius 3 is 2.90 bits per heavy atom. The van der Waals surface area contributed by atoms with Crippen molar-refractivity contribution in [3.05, 3.63) is 48.4 Å².